The third-order valence-electron chi connectivity index (χ3n) is 3.02. The number of nitrogens with one attached hydrogen (secondary N) is 2. The van der Waals surface area contributed by atoms with Gasteiger partial charge in [0.05, 0.1) is 0 Å². The zero-order valence-electron chi connectivity index (χ0n) is 11.4. The van der Waals surface area contributed by atoms with Gasteiger partial charge in [-0.2, -0.15) is 0 Å². The smallest absolute Gasteiger partial charge is 0.316 e. The van der Waals surface area contributed by atoms with Crippen molar-refractivity contribution in [3.05, 3.63) is 29.8 Å². The van der Waals surface area contributed by atoms with Crippen LogP contribution in [-0.2, 0) is 0 Å². The molecule has 2 amide bonds. The minimum atomic E-state index is -0.556. The van der Waals surface area contributed by atoms with Gasteiger partial charge in [-0.1, -0.05) is 19.1 Å². The molecule has 0 saturated heterocycles. The molecule has 19 heavy (non-hydrogen) atoms. The summed E-state index contributed by atoms with van der Waals surface area (Å²) in [6.45, 7) is 4.21. The maximum Gasteiger partial charge on any atom is 0.316 e. The first-order chi connectivity index (χ1) is 9.06. The quantitative estimate of drug-likeness (QED) is 0.687. The summed E-state index contributed by atoms with van der Waals surface area (Å²) in [6, 6.07) is 7.57. The van der Waals surface area contributed by atoms with Gasteiger partial charge in [-0.25, -0.2) is 4.79 Å². The van der Waals surface area contributed by atoms with Crippen LogP contribution in [0.5, 0.6) is 0 Å². The van der Waals surface area contributed by atoms with E-state index >= 15 is 0 Å². The molecule has 4 heteroatoms. The second kappa shape index (κ2) is 7.45. The number of hydrogen-bond donors (Lipinski definition) is 3. The van der Waals surface area contributed by atoms with Gasteiger partial charge in [-0.3, -0.25) is 0 Å². The largest absolute Gasteiger partial charge is 0.351 e. The van der Waals surface area contributed by atoms with Gasteiger partial charge < -0.3 is 16.4 Å². The molecule has 102 valence electrons. The molecule has 0 spiro atoms. The molecule has 0 saturated carbocycles. The Labute approximate surface area is 114 Å². The summed E-state index contributed by atoms with van der Waals surface area (Å²) in [5.41, 5.74) is 6.90. The van der Waals surface area contributed by atoms with Gasteiger partial charge in [0.15, 0.2) is 0 Å². The van der Waals surface area contributed by atoms with E-state index in [0.717, 1.165) is 18.4 Å². The number of nitrogens with two attached hydrogens (primary N) is 1. The summed E-state index contributed by atoms with van der Waals surface area (Å²) in [4.78, 5) is 10.7. The number of hydrogen-bond acceptors (Lipinski definition) is 2. The zero-order chi connectivity index (χ0) is 14.3. The normalized spacial score (nSPS) is 13.3. The van der Waals surface area contributed by atoms with Crippen molar-refractivity contribution in [2.45, 2.75) is 38.8 Å². The predicted molar refractivity (Wildman–Crippen MR) is 78.7 cm³/mol. The summed E-state index contributed by atoms with van der Waals surface area (Å²) in [6.07, 6.45) is 7.06. The van der Waals surface area contributed by atoms with Crippen LogP contribution in [0.4, 0.5) is 10.5 Å². The van der Waals surface area contributed by atoms with Gasteiger partial charge in [0, 0.05) is 24.2 Å². The van der Waals surface area contributed by atoms with E-state index in [1.165, 1.54) is 0 Å². The van der Waals surface area contributed by atoms with Gasteiger partial charge in [0.1, 0.15) is 0 Å². The first kappa shape index (κ1) is 15.1. The third kappa shape index (κ3) is 5.02. The van der Waals surface area contributed by atoms with E-state index in [0.29, 0.717) is 11.7 Å². The van der Waals surface area contributed by atoms with Gasteiger partial charge >= 0.3 is 6.03 Å². The lowest BCUT2D eigenvalue weighted by atomic mass is 10.0. The highest BCUT2D eigenvalue weighted by Gasteiger charge is 2.10. The van der Waals surface area contributed by atoms with E-state index in [2.05, 4.69) is 30.4 Å². The molecule has 0 bridgehead atoms. The Hall–Kier alpha value is -1.99. The fraction of sp³-hybridized carbons (Fsp3) is 0.400. The second-order valence-electron chi connectivity index (χ2n) is 4.51. The lowest BCUT2D eigenvalue weighted by Gasteiger charge is -2.21. The van der Waals surface area contributed by atoms with Crippen LogP contribution in [-0.4, -0.2) is 12.1 Å². The van der Waals surface area contributed by atoms with Crippen LogP contribution in [0.2, 0.25) is 0 Å². The number of amides is 2. The number of carbonyl (C=O) groups is 1. The second-order valence-corrected chi connectivity index (χ2v) is 4.51. The van der Waals surface area contributed by atoms with Crippen LogP contribution in [0.15, 0.2) is 24.3 Å². The summed E-state index contributed by atoms with van der Waals surface area (Å²) in [7, 11) is 0. The van der Waals surface area contributed by atoms with Crippen LogP contribution in [0.1, 0.15) is 38.3 Å². The predicted octanol–water partition coefficient (Wildman–Crippen LogP) is 2.63. The number of carbonyl (C=O) groups excluding carboxylic acids is 1. The van der Waals surface area contributed by atoms with Gasteiger partial charge in [-0.05, 0) is 31.0 Å². The summed E-state index contributed by atoms with van der Waals surface area (Å²) in [5, 5.41) is 6.02. The van der Waals surface area contributed by atoms with E-state index in [-0.39, 0.29) is 6.04 Å². The lowest BCUT2D eigenvalue weighted by molar-refractivity contribution is 0.259. The summed E-state index contributed by atoms with van der Waals surface area (Å²) < 4.78 is 0. The highest BCUT2D eigenvalue weighted by atomic mass is 16.2. The van der Waals surface area contributed by atoms with Gasteiger partial charge in [0.2, 0.25) is 0 Å². The molecule has 2 unspecified atom stereocenters. The van der Waals surface area contributed by atoms with Crippen molar-refractivity contribution in [1.82, 2.24) is 5.32 Å². The molecule has 0 aliphatic carbocycles. The SMILES string of the molecule is C#CCC(CC)NC(C)c1ccc(NC(N)=O)cc1. The Morgan fingerprint density at radius 2 is 2.05 bits per heavy atom. The van der Waals surface area contributed by atoms with Crippen LogP contribution < -0.4 is 16.4 Å². The van der Waals surface area contributed by atoms with E-state index in [9.17, 15) is 4.79 Å². The molecule has 1 rings (SSSR count). The first-order valence-electron chi connectivity index (χ1n) is 6.42. The number of primary amides is 1. The molecule has 4 N–H and O–H groups in total. The maximum absolute atomic E-state index is 10.7. The third-order valence-corrected chi connectivity index (χ3v) is 3.02. The molecule has 0 aliphatic heterocycles. The highest BCUT2D eigenvalue weighted by molar-refractivity contribution is 5.87. The molecule has 0 heterocycles. The Kier molecular flexibility index (Phi) is 5.91. The minimum absolute atomic E-state index is 0.209. The fourth-order valence-corrected chi connectivity index (χ4v) is 1.91. The highest BCUT2D eigenvalue weighted by Crippen LogP contribution is 2.17. The van der Waals surface area contributed by atoms with Crippen molar-refractivity contribution < 1.29 is 4.79 Å². The Balaban J connectivity index is 2.64. The van der Waals surface area contributed by atoms with E-state index in [1.54, 1.807) is 0 Å². The summed E-state index contributed by atoms with van der Waals surface area (Å²) >= 11 is 0. The molecule has 1 aromatic rings. The van der Waals surface area contributed by atoms with Crippen LogP contribution in [0.3, 0.4) is 0 Å². The van der Waals surface area contributed by atoms with E-state index in [4.69, 9.17) is 12.2 Å². The maximum atomic E-state index is 10.7. The number of urea groups is 1. The fourth-order valence-electron chi connectivity index (χ4n) is 1.91. The molecule has 2 atom stereocenters. The van der Waals surface area contributed by atoms with Crippen molar-refractivity contribution in [1.29, 1.82) is 0 Å². The molecule has 0 aliphatic rings. The number of anilines is 1. The minimum Gasteiger partial charge on any atom is -0.351 e. The van der Waals surface area contributed by atoms with Crippen LogP contribution in [0.25, 0.3) is 0 Å². The van der Waals surface area contributed by atoms with Crippen molar-refractivity contribution in [3.8, 4) is 12.3 Å². The van der Waals surface area contributed by atoms with Crippen molar-refractivity contribution in [3.63, 3.8) is 0 Å². The Morgan fingerprint density at radius 1 is 1.42 bits per heavy atom. The number of rotatable bonds is 6. The van der Waals surface area contributed by atoms with Crippen molar-refractivity contribution >= 4 is 11.7 Å². The Morgan fingerprint density at radius 3 is 2.53 bits per heavy atom. The van der Waals surface area contributed by atoms with Crippen LogP contribution in [0, 0.1) is 12.3 Å². The molecular weight excluding hydrogens is 238 g/mol. The van der Waals surface area contributed by atoms with Crippen molar-refractivity contribution in [2.24, 2.45) is 5.73 Å². The number of benzene rings is 1. The average molecular weight is 259 g/mol. The van der Waals surface area contributed by atoms with E-state index < -0.39 is 6.03 Å². The molecule has 1 aromatic carbocycles. The van der Waals surface area contributed by atoms with Gasteiger partial charge in [-0.15, -0.1) is 12.3 Å². The number of terminal acetylenes is 1. The Bertz CT molecular complexity index is 447. The summed E-state index contributed by atoms with van der Waals surface area (Å²) in [5.74, 6) is 2.68. The standard InChI is InChI=1S/C15H21N3O/c1-4-6-13(5-2)17-11(3)12-7-9-14(10-8-12)18-15(16)19/h1,7-11,13,17H,5-6H2,2-3H3,(H3,16,18,19). The zero-order valence-corrected chi connectivity index (χ0v) is 11.4. The monoisotopic (exact) mass is 259 g/mol. The average Bonchev–Trinajstić information content (AvgIpc) is 2.38. The molecule has 4 nitrogen and oxygen atoms in total. The van der Waals surface area contributed by atoms with E-state index in [1.807, 2.05) is 24.3 Å². The topological polar surface area (TPSA) is 67.2 Å². The van der Waals surface area contributed by atoms with Crippen molar-refractivity contribution in [2.75, 3.05) is 5.32 Å². The lowest BCUT2D eigenvalue weighted by Crippen LogP contribution is -2.30. The molecular formula is C15H21N3O. The molecule has 0 fully saturated rings. The van der Waals surface area contributed by atoms with Crippen LogP contribution >= 0.6 is 0 Å². The molecule has 0 aromatic heterocycles. The first-order valence-corrected chi connectivity index (χ1v) is 6.42. The van der Waals surface area contributed by atoms with Gasteiger partial charge in [0.25, 0.3) is 0 Å². The molecule has 0 radical (unpaired) electrons.